The molecule has 2 amide bonds. The van der Waals surface area contributed by atoms with Crippen LogP contribution in [-0.2, 0) is 16.2 Å². The quantitative estimate of drug-likeness (QED) is 0.481. The Morgan fingerprint density at radius 2 is 1.75 bits per heavy atom. The number of amides is 2. The number of methoxy groups -OCH3 is 1. The zero-order chi connectivity index (χ0) is 22.5. The molecule has 1 aliphatic heterocycles. The van der Waals surface area contributed by atoms with Gasteiger partial charge in [0.25, 0.3) is 11.8 Å². The van der Waals surface area contributed by atoms with Crippen LogP contribution in [0.3, 0.4) is 0 Å². The second-order valence-corrected chi connectivity index (χ2v) is 6.94. The highest BCUT2D eigenvalue weighted by Gasteiger charge is 2.34. The lowest BCUT2D eigenvalue weighted by Crippen LogP contribution is -2.35. The second-order valence-electron chi connectivity index (χ2n) is 6.94. The number of benzene rings is 3. The fraction of sp³-hybridized carbons (Fsp3) is 0.0800. The largest absolute Gasteiger partial charge is 0.493 e. The lowest BCUT2D eigenvalue weighted by molar-refractivity contribution is -0.117. The van der Waals surface area contributed by atoms with E-state index in [2.05, 4.69) is 11.5 Å². The third-order valence-corrected chi connectivity index (χ3v) is 4.93. The van der Waals surface area contributed by atoms with Crippen LogP contribution in [0.4, 0.5) is 5.69 Å². The molecule has 3 aromatic carbocycles. The molecule has 3 aromatic rings. The highest BCUT2D eigenvalue weighted by Crippen LogP contribution is 2.30. The molecule has 0 aromatic heterocycles. The first-order chi connectivity index (χ1) is 15.6. The SMILES string of the molecule is COc1cc(/C=C2/C(=O)NN(c3ccccc3)C2=O)ccc1OCc1ccccc1C#N. The molecule has 7 nitrogen and oxygen atoms in total. The van der Waals surface area contributed by atoms with E-state index in [9.17, 15) is 14.9 Å². The maximum absolute atomic E-state index is 12.8. The molecule has 1 heterocycles. The van der Waals surface area contributed by atoms with E-state index in [1.165, 1.54) is 18.2 Å². The average molecular weight is 425 g/mol. The standard InChI is InChI=1S/C25H19N3O4/c1-31-23-14-17(11-12-22(23)32-16-19-8-6-5-7-18(19)15-26)13-21-24(29)27-28(25(21)30)20-9-3-2-4-10-20/h2-14H,16H2,1H3,(H,27,29)/b21-13-. The van der Waals surface area contributed by atoms with Crippen molar-refractivity contribution in [1.82, 2.24) is 5.43 Å². The van der Waals surface area contributed by atoms with E-state index >= 15 is 0 Å². The molecular weight excluding hydrogens is 406 g/mol. The normalized spacial score (nSPS) is 14.2. The van der Waals surface area contributed by atoms with Crippen LogP contribution in [0.15, 0.2) is 78.4 Å². The Labute approximate surface area is 185 Å². The van der Waals surface area contributed by atoms with Gasteiger partial charge in [0.15, 0.2) is 11.5 Å². The first kappa shape index (κ1) is 20.7. The Kier molecular flexibility index (Phi) is 5.86. The zero-order valence-electron chi connectivity index (χ0n) is 17.2. The number of nitrogens with zero attached hydrogens (tertiary/aromatic N) is 2. The van der Waals surface area contributed by atoms with Crippen molar-refractivity contribution in [2.24, 2.45) is 0 Å². The topological polar surface area (TPSA) is 91.7 Å². The molecule has 32 heavy (non-hydrogen) atoms. The van der Waals surface area contributed by atoms with Gasteiger partial charge in [0, 0.05) is 5.56 Å². The van der Waals surface area contributed by atoms with E-state index in [4.69, 9.17) is 9.47 Å². The molecule has 0 radical (unpaired) electrons. The molecule has 1 saturated heterocycles. The Balaban J connectivity index is 1.55. The molecule has 0 spiro atoms. The van der Waals surface area contributed by atoms with Crippen molar-refractivity contribution < 1.29 is 19.1 Å². The molecule has 1 aliphatic rings. The number of nitrogens with one attached hydrogen (secondary N) is 1. The van der Waals surface area contributed by atoms with Gasteiger partial charge in [-0.2, -0.15) is 5.26 Å². The molecule has 0 atom stereocenters. The van der Waals surface area contributed by atoms with Crippen LogP contribution in [0.5, 0.6) is 11.5 Å². The van der Waals surface area contributed by atoms with Crippen LogP contribution in [0, 0.1) is 11.3 Å². The maximum Gasteiger partial charge on any atom is 0.282 e. The third kappa shape index (κ3) is 4.16. The van der Waals surface area contributed by atoms with Gasteiger partial charge >= 0.3 is 0 Å². The number of hydrogen-bond donors (Lipinski definition) is 1. The van der Waals surface area contributed by atoms with Crippen molar-refractivity contribution in [1.29, 1.82) is 5.26 Å². The van der Waals surface area contributed by atoms with Crippen molar-refractivity contribution in [3.63, 3.8) is 0 Å². The van der Waals surface area contributed by atoms with E-state index in [1.54, 1.807) is 54.6 Å². The minimum absolute atomic E-state index is 0.0209. The van der Waals surface area contributed by atoms with E-state index < -0.39 is 11.8 Å². The lowest BCUT2D eigenvalue weighted by Gasteiger charge is -2.14. The number of hydrogen-bond acceptors (Lipinski definition) is 5. The van der Waals surface area contributed by atoms with Crippen LogP contribution in [0.25, 0.3) is 6.08 Å². The monoisotopic (exact) mass is 425 g/mol. The lowest BCUT2D eigenvalue weighted by atomic mass is 10.1. The molecule has 7 heteroatoms. The molecular formula is C25H19N3O4. The van der Waals surface area contributed by atoms with Crippen LogP contribution >= 0.6 is 0 Å². The fourth-order valence-electron chi connectivity index (χ4n) is 3.29. The Morgan fingerprint density at radius 3 is 2.50 bits per heavy atom. The summed E-state index contributed by atoms with van der Waals surface area (Å²) in [4.78, 5) is 25.1. The smallest absolute Gasteiger partial charge is 0.282 e. The average Bonchev–Trinajstić information content (AvgIpc) is 3.12. The predicted molar refractivity (Wildman–Crippen MR) is 119 cm³/mol. The van der Waals surface area contributed by atoms with Crippen molar-refractivity contribution in [2.75, 3.05) is 12.1 Å². The molecule has 1 fully saturated rings. The van der Waals surface area contributed by atoms with E-state index in [-0.39, 0.29) is 12.2 Å². The number of para-hydroxylation sites is 1. The number of rotatable bonds is 6. The first-order valence-electron chi connectivity index (χ1n) is 9.81. The Morgan fingerprint density at radius 1 is 1.00 bits per heavy atom. The maximum atomic E-state index is 12.8. The summed E-state index contributed by atoms with van der Waals surface area (Å²) in [5.41, 5.74) is 5.09. The molecule has 0 aliphatic carbocycles. The highest BCUT2D eigenvalue weighted by atomic mass is 16.5. The Bertz CT molecular complexity index is 1250. The summed E-state index contributed by atoms with van der Waals surface area (Å²) in [6, 6.07) is 23.3. The number of ether oxygens (including phenoxy) is 2. The second kappa shape index (κ2) is 9.06. The number of hydrazine groups is 1. The van der Waals surface area contributed by atoms with Crippen LogP contribution in [0.1, 0.15) is 16.7 Å². The van der Waals surface area contributed by atoms with Crippen molar-refractivity contribution in [2.45, 2.75) is 6.61 Å². The van der Waals surface area contributed by atoms with Gasteiger partial charge in [-0.3, -0.25) is 15.0 Å². The summed E-state index contributed by atoms with van der Waals surface area (Å²) in [6.45, 7) is 0.202. The van der Waals surface area contributed by atoms with E-state index in [0.717, 1.165) is 5.56 Å². The number of carbonyl (C=O) groups is 2. The summed E-state index contributed by atoms with van der Waals surface area (Å²) in [5, 5.41) is 10.4. The summed E-state index contributed by atoms with van der Waals surface area (Å²) >= 11 is 0. The minimum Gasteiger partial charge on any atom is -0.493 e. The van der Waals surface area contributed by atoms with Crippen molar-refractivity contribution in [3.05, 3.63) is 95.1 Å². The minimum atomic E-state index is -0.480. The number of nitriles is 1. The van der Waals surface area contributed by atoms with Crippen LogP contribution in [-0.4, -0.2) is 18.9 Å². The van der Waals surface area contributed by atoms with Gasteiger partial charge in [0.1, 0.15) is 12.2 Å². The van der Waals surface area contributed by atoms with E-state index in [0.29, 0.717) is 28.3 Å². The highest BCUT2D eigenvalue weighted by molar-refractivity contribution is 6.31. The van der Waals surface area contributed by atoms with E-state index in [1.807, 2.05) is 18.2 Å². The predicted octanol–water partition coefficient (Wildman–Crippen LogP) is 3.61. The molecule has 4 rings (SSSR count). The summed E-state index contributed by atoms with van der Waals surface area (Å²) in [7, 11) is 1.51. The summed E-state index contributed by atoms with van der Waals surface area (Å²) in [6.07, 6.45) is 1.51. The van der Waals surface area contributed by atoms with Gasteiger partial charge < -0.3 is 9.47 Å². The fourth-order valence-corrected chi connectivity index (χ4v) is 3.29. The van der Waals surface area contributed by atoms with Gasteiger partial charge in [-0.05, 0) is 42.0 Å². The van der Waals surface area contributed by atoms with Gasteiger partial charge in [0.05, 0.1) is 24.4 Å². The summed E-state index contributed by atoms with van der Waals surface area (Å²) in [5.74, 6) is 0.00919. The van der Waals surface area contributed by atoms with Gasteiger partial charge in [-0.1, -0.05) is 42.5 Å². The van der Waals surface area contributed by atoms with Crippen molar-refractivity contribution in [3.8, 4) is 17.6 Å². The zero-order valence-corrected chi connectivity index (χ0v) is 17.2. The van der Waals surface area contributed by atoms with Gasteiger partial charge in [-0.15, -0.1) is 0 Å². The summed E-state index contributed by atoms with van der Waals surface area (Å²) < 4.78 is 11.3. The Hall–Kier alpha value is -4.57. The van der Waals surface area contributed by atoms with Crippen LogP contribution < -0.4 is 19.9 Å². The molecule has 1 N–H and O–H groups in total. The van der Waals surface area contributed by atoms with Gasteiger partial charge in [0.2, 0.25) is 0 Å². The van der Waals surface area contributed by atoms with Crippen LogP contribution in [0.2, 0.25) is 0 Å². The first-order valence-corrected chi connectivity index (χ1v) is 9.81. The molecule has 158 valence electrons. The van der Waals surface area contributed by atoms with Crippen molar-refractivity contribution >= 4 is 23.6 Å². The number of carbonyl (C=O) groups excluding carboxylic acids is 2. The molecule has 0 bridgehead atoms. The number of anilines is 1. The molecule has 0 saturated carbocycles. The van der Waals surface area contributed by atoms with Gasteiger partial charge in [-0.25, -0.2) is 5.01 Å². The molecule has 0 unspecified atom stereocenters. The third-order valence-electron chi connectivity index (χ3n) is 4.93.